The second kappa shape index (κ2) is 8.74. The van der Waals surface area contributed by atoms with Crippen LogP contribution in [-0.4, -0.2) is 56.6 Å². The third kappa shape index (κ3) is 6.42. The van der Waals surface area contributed by atoms with Crippen molar-refractivity contribution in [2.45, 2.75) is 38.1 Å². The summed E-state index contributed by atoms with van der Waals surface area (Å²) in [5.74, 6) is -0.0750. The smallest absolute Gasteiger partial charge is 0.315 e. The van der Waals surface area contributed by atoms with E-state index in [1.54, 1.807) is 11.9 Å². The molecule has 0 aromatic heterocycles. The highest BCUT2D eigenvalue weighted by atomic mass is 16.2. The minimum absolute atomic E-state index is 0.0543. The molecule has 1 aliphatic rings. The number of carbonyl (C=O) groups is 2. The van der Waals surface area contributed by atoms with Crippen LogP contribution < -0.4 is 16.0 Å². The maximum Gasteiger partial charge on any atom is 0.315 e. The molecule has 6 heteroatoms. The van der Waals surface area contributed by atoms with Gasteiger partial charge in [0.05, 0.1) is 6.54 Å². The molecular weight excluding hydrogens is 244 g/mol. The fraction of sp³-hybridized carbons (Fsp3) is 0.846. The molecule has 0 unspecified atom stereocenters. The molecule has 0 aromatic rings. The van der Waals surface area contributed by atoms with Crippen molar-refractivity contribution in [2.24, 2.45) is 0 Å². The lowest BCUT2D eigenvalue weighted by atomic mass is 9.96. The van der Waals surface area contributed by atoms with E-state index in [0.717, 1.165) is 19.4 Å². The molecule has 1 saturated carbocycles. The van der Waals surface area contributed by atoms with E-state index in [1.807, 2.05) is 7.05 Å². The molecule has 1 aliphatic carbocycles. The number of likely N-dealkylation sites (N-methyl/N-ethyl adjacent to an activating group) is 2. The number of carbonyl (C=O) groups excluding carboxylic acids is 2. The summed E-state index contributed by atoms with van der Waals surface area (Å²) < 4.78 is 0. The van der Waals surface area contributed by atoms with Gasteiger partial charge in [0.25, 0.3) is 0 Å². The van der Waals surface area contributed by atoms with Gasteiger partial charge in [0.15, 0.2) is 0 Å². The zero-order chi connectivity index (χ0) is 14.1. The van der Waals surface area contributed by atoms with Crippen molar-refractivity contribution in [1.29, 1.82) is 0 Å². The molecule has 3 amide bonds. The predicted octanol–water partition coefficient (Wildman–Crippen LogP) is 0.296. The quantitative estimate of drug-likeness (QED) is 0.650. The van der Waals surface area contributed by atoms with E-state index in [9.17, 15) is 9.59 Å². The van der Waals surface area contributed by atoms with Crippen molar-refractivity contribution in [3.05, 3.63) is 0 Å². The summed E-state index contributed by atoms with van der Waals surface area (Å²) in [5, 5.41) is 8.53. The van der Waals surface area contributed by atoms with E-state index >= 15 is 0 Å². The molecule has 0 aromatic carbocycles. The minimum atomic E-state index is -0.234. The van der Waals surface area contributed by atoms with E-state index in [2.05, 4.69) is 16.0 Å². The molecule has 1 rings (SSSR count). The average Bonchev–Trinajstić information content (AvgIpc) is 2.43. The molecule has 0 aliphatic heterocycles. The van der Waals surface area contributed by atoms with Crippen molar-refractivity contribution < 1.29 is 9.59 Å². The van der Waals surface area contributed by atoms with Gasteiger partial charge in [0.2, 0.25) is 5.91 Å². The van der Waals surface area contributed by atoms with Crippen LogP contribution in [0.2, 0.25) is 0 Å². The third-order valence-corrected chi connectivity index (χ3v) is 3.46. The van der Waals surface area contributed by atoms with Crippen molar-refractivity contribution in [3.63, 3.8) is 0 Å². The number of hydrogen-bond acceptors (Lipinski definition) is 3. The SMILES string of the molecule is CNCCN(C)C(=O)CNC(=O)NC1CCCCC1. The summed E-state index contributed by atoms with van der Waals surface area (Å²) in [4.78, 5) is 25.0. The molecule has 0 atom stereocenters. The van der Waals surface area contributed by atoms with Gasteiger partial charge in [-0.2, -0.15) is 0 Å². The van der Waals surface area contributed by atoms with Gasteiger partial charge < -0.3 is 20.9 Å². The summed E-state index contributed by atoms with van der Waals surface area (Å²) in [7, 11) is 3.58. The standard InChI is InChI=1S/C13H26N4O2/c1-14-8-9-17(2)12(18)10-15-13(19)16-11-6-4-3-5-7-11/h11,14H,3-10H2,1-2H3,(H2,15,16,19). The first-order valence-electron chi connectivity index (χ1n) is 7.06. The number of urea groups is 1. The van der Waals surface area contributed by atoms with Gasteiger partial charge in [-0.25, -0.2) is 4.79 Å². The van der Waals surface area contributed by atoms with E-state index in [4.69, 9.17) is 0 Å². The Kier molecular flexibility index (Phi) is 7.25. The highest BCUT2D eigenvalue weighted by Crippen LogP contribution is 2.16. The lowest BCUT2D eigenvalue weighted by Gasteiger charge is -2.23. The molecule has 0 heterocycles. The second-order valence-corrected chi connectivity index (χ2v) is 5.08. The second-order valence-electron chi connectivity index (χ2n) is 5.08. The van der Waals surface area contributed by atoms with Gasteiger partial charge in [-0.15, -0.1) is 0 Å². The zero-order valence-electron chi connectivity index (χ0n) is 12.0. The van der Waals surface area contributed by atoms with Crippen LogP contribution in [0.4, 0.5) is 4.79 Å². The number of nitrogens with zero attached hydrogens (tertiary/aromatic N) is 1. The Labute approximate surface area is 115 Å². The summed E-state index contributed by atoms with van der Waals surface area (Å²) in [5.41, 5.74) is 0. The Balaban J connectivity index is 2.16. The Bertz CT molecular complexity index is 290. The van der Waals surface area contributed by atoms with Gasteiger partial charge >= 0.3 is 6.03 Å². The lowest BCUT2D eigenvalue weighted by Crippen LogP contribution is -2.47. The van der Waals surface area contributed by atoms with Crippen LogP contribution >= 0.6 is 0 Å². The minimum Gasteiger partial charge on any atom is -0.343 e. The first-order valence-corrected chi connectivity index (χ1v) is 7.06. The molecule has 0 spiro atoms. The molecule has 3 N–H and O–H groups in total. The Morgan fingerprint density at radius 2 is 1.89 bits per heavy atom. The maximum atomic E-state index is 11.7. The van der Waals surface area contributed by atoms with E-state index in [-0.39, 0.29) is 24.5 Å². The van der Waals surface area contributed by atoms with Crippen molar-refractivity contribution in [1.82, 2.24) is 20.9 Å². The van der Waals surface area contributed by atoms with Crippen LogP contribution in [0.15, 0.2) is 0 Å². The number of nitrogens with one attached hydrogen (secondary N) is 3. The van der Waals surface area contributed by atoms with Crippen molar-refractivity contribution in [2.75, 3.05) is 33.7 Å². The Hall–Kier alpha value is -1.30. The molecule has 6 nitrogen and oxygen atoms in total. The molecule has 0 bridgehead atoms. The van der Waals surface area contributed by atoms with Crippen molar-refractivity contribution in [3.8, 4) is 0 Å². The van der Waals surface area contributed by atoms with Gasteiger partial charge in [-0.05, 0) is 19.9 Å². The third-order valence-electron chi connectivity index (χ3n) is 3.46. The van der Waals surface area contributed by atoms with Crippen LogP contribution in [-0.2, 0) is 4.79 Å². The molecule has 110 valence electrons. The zero-order valence-corrected chi connectivity index (χ0v) is 12.0. The largest absolute Gasteiger partial charge is 0.343 e. The normalized spacial score (nSPS) is 15.9. The Morgan fingerprint density at radius 3 is 2.53 bits per heavy atom. The topological polar surface area (TPSA) is 73.5 Å². The summed E-state index contributed by atoms with van der Waals surface area (Å²) in [6, 6.07) is 0.0353. The number of amides is 3. The van der Waals surface area contributed by atoms with Crippen LogP contribution in [0.5, 0.6) is 0 Å². The fourth-order valence-electron chi connectivity index (χ4n) is 2.18. The van der Waals surface area contributed by atoms with Crippen molar-refractivity contribution >= 4 is 11.9 Å². The van der Waals surface area contributed by atoms with E-state index < -0.39 is 0 Å². The highest BCUT2D eigenvalue weighted by Gasteiger charge is 2.16. The Morgan fingerprint density at radius 1 is 1.21 bits per heavy atom. The first-order chi connectivity index (χ1) is 9.13. The van der Waals surface area contributed by atoms with Gasteiger partial charge in [0, 0.05) is 26.2 Å². The van der Waals surface area contributed by atoms with Crippen LogP contribution in [0.1, 0.15) is 32.1 Å². The van der Waals surface area contributed by atoms with Crippen LogP contribution in [0.25, 0.3) is 0 Å². The maximum absolute atomic E-state index is 11.7. The van der Waals surface area contributed by atoms with Gasteiger partial charge in [0.1, 0.15) is 0 Å². The molecule has 0 radical (unpaired) electrons. The van der Waals surface area contributed by atoms with E-state index in [0.29, 0.717) is 6.54 Å². The number of rotatable bonds is 6. The number of hydrogen-bond donors (Lipinski definition) is 3. The lowest BCUT2D eigenvalue weighted by molar-refractivity contribution is -0.128. The van der Waals surface area contributed by atoms with Gasteiger partial charge in [-0.3, -0.25) is 4.79 Å². The monoisotopic (exact) mass is 270 g/mol. The molecule has 1 fully saturated rings. The predicted molar refractivity (Wildman–Crippen MR) is 75.0 cm³/mol. The average molecular weight is 270 g/mol. The van der Waals surface area contributed by atoms with Crippen LogP contribution in [0.3, 0.4) is 0 Å². The summed E-state index contributed by atoms with van der Waals surface area (Å²) >= 11 is 0. The molecule has 0 saturated heterocycles. The summed E-state index contributed by atoms with van der Waals surface area (Å²) in [6.45, 7) is 1.44. The molecular formula is C13H26N4O2. The fourth-order valence-corrected chi connectivity index (χ4v) is 2.18. The van der Waals surface area contributed by atoms with Crippen LogP contribution in [0, 0.1) is 0 Å². The molecule has 19 heavy (non-hydrogen) atoms. The highest BCUT2D eigenvalue weighted by molar-refractivity contribution is 5.83. The van der Waals surface area contributed by atoms with Gasteiger partial charge in [-0.1, -0.05) is 19.3 Å². The first kappa shape index (κ1) is 15.8. The van der Waals surface area contributed by atoms with E-state index in [1.165, 1.54) is 19.3 Å². The summed E-state index contributed by atoms with van der Waals surface area (Å²) in [6.07, 6.45) is 5.70.